The summed E-state index contributed by atoms with van der Waals surface area (Å²) in [4.78, 5) is 13.7. The monoisotopic (exact) mass is 341 g/mol. The zero-order valence-electron chi connectivity index (χ0n) is 13.5. The largest absolute Gasteiger partial charge is 0.489 e. The fourth-order valence-electron chi connectivity index (χ4n) is 3.53. The number of carbonyl (C=O) groups excluding carboxylic acids is 1. The van der Waals surface area contributed by atoms with Gasteiger partial charge in [-0.2, -0.15) is 0 Å². The summed E-state index contributed by atoms with van der Waals surface area (Å²) >= 11 is 5.90. The van der Waals surface area contributed by atoms with E-state index in [1.54, 1.807) is 0 Å². The quantitative estimate of drug-likeness (QED) is 0.786. The van der Waals surface area contributed by atoms with E-state index in [9.17, 15) is 4.79 Å². The van der Waals surface area contributed by atoms with Gasteiger partial charge < -0.3 is 9.64 Å². The van der Waals surface area contributed by atoms with Crippen molar-refractivity contribution in [1.82, 2.24) is 4.90 Å². The van der Waals surface area contributed by atoms with E-state index >= 15 is 0 Å². The lowest BCUT2D eigenvalue weighted by Gasteiger charge is -2.40. The van der Waals surface area contributed by atoms with E-state index in [1.807, 2.05) is 35.2 Å². The predicted octanol–water partition coefficient (Wildman–Crippen LogP) is 4.01. The van der Waals surface area contributed by atoms with E-state index in [0.717, 1.165) is 48.6 Å². The van der Waals surface area contributed by atoms with E-state index in [0.29, 0.717) is 18.6 Å². The van der Waals surface area contributed by atoms with Crippen molar-refractivity contribution >= 4 is 17.5 Å². The van der Waals surface area contributed by atoms with Crippen molar-refractivity contribution in [3.05, 3.63) is 64.2 Å². The number of rotatable bonds is 4. The third-order valence-electron chi connectivity index (χ3n) is 5.03. The molecule has 1 fully saturated rings. The first-order chi connectivity index (χ1) is 11.7. The lowest BCUT2D eigenvalue weighted by atomic mass is 9.86. The molecular weight excluding hydrogens is 322 g/mol. The van der Waals surface area contributed by atoms with Crippen molar-refractivity contribution in [2.24, 2.45) is 0 Å². The second-order valence-corrected chi connectivity index (χ2v) is 7.02. The van der Waals surface area contributed by atoms with Crippen molar-refractivity contribution in [2.75, 3.05) is 6.54 Å². The lowest BCUT2D eigenvalue weighted by molar-refractivity contribution is -0.143. The fraction of sp³-hybridized carbons (Fsp3) is 0.350. The number of nitrogens with zero attached hydrogens (tertiary/aromatic N) is 1. The normalized spacial score (nSPS) is 19.6. The summed E-state index contributed by atoms with van der Waals surface area (Å²) < 4.78 is 5.91. The first kappa shape index (κ1) is 15.5. The van der Waals surface area contributed by atoms with Crippen molar-refractivity contribution in [2.45, 2.75) is 38.3 Å². The van der Waals surface area contributed by atoms with Crippen molar-refractivity contribution < 1.29 is 9.53 Å². The Kier molecular flexibility index (Phi) is 4.19. The van der Waals surface area contributed by atoms with Crippen LogP contribution in [0.1, 0.15) is 29.5 Å². The van der Waals surface area contributed by atoms with Crippen LogP contribution in [0, 0.1) is 0 Å². The minimum absolute atomic E-state index is 0.311. The van der Waals surface area contributed by atoms with Gasteiger partial charge in [-0.1, -0.05) is 29.8 Å². The van der Waals surface area contributed by atoms with Gasteiger partial charge in [-0.3, -0.25) is 4.79 Å². The summed E-state index contributed by atoms with van der Waals surface area (Å²) in [6.45, 7) is 1.47. The Morgan fingerprint density at radius 1 is 1.08 bits per heavy atom. The molecule has 1 aliphatic carbocycles. The molecule has 0 saturated carbocycles. The molecule has 2 aromatic rings. The van der Waals surface area contributed by atoms with Crippen LogP contribution >= 0.6 is 11.6 Å². The molecular formula is C20H20ClNO2. The van der Waals surface area contributed by atoms with Crippen molar-refractivity contribution in [3.8, 4) is 5.75 Å². The maximum absolute atomic E-state index is 11.6. The zero-order chi connectivity index (χ0) is 16.5. The molecule has 24 heavy (non-hydrogen) atoms. The number of amides is 1. The van der Waals surface area contributed by atoms with Crippen LogP contribution in [0.4, 0.5) is 0 Å². The van der Waals surface area contributed by atoms with E-state index in [-0.39, 0.29) is 0 Å². The molecule has 0 bridgehead atoms. The SMILES string of the molecule is O=C1CCN1C1CCc2cc(OCc3ccc(Cl)cc3)ccc2C1. The summed E-state index contributed by atoms with van der Waals surface area (Å²) in [6, 6.07) is 14.5. The Bertz CT molecular complexity index is 757. The second-order valence-electron chi connectivity index (χ2n) is 6.58. The molecule has 124 valence electrons. The van der Waals surface area contributed by atoms with Crippen LogP contribution in [-0.2, 0) is 24.2 Å². The van der Waals surface area contributed by atoms with Crippen LogP contribution in [0.15, 0.2) is 42.5 Å². The Morgan fingerprint density at radius 2 is 1.92 bits per heavy atom. The number of benzene rings is 2. The maximum atomic E-state index is 11.6. The Balaban J connectivity index is 1.41. The highest BCUT2D eigenvalue weighted by Gasteiger charge is 2.33. The first-order valence-electron chi connectivity index (χ1n) is 8.47. The standard InChI is InChI=1S/C20H20ClNO2/c21-17-5-1-14(2-6-17)13-24-19-8-4-15-11-18(7-3-16(15)12-19)22-10-9-20(22)23/h1-2,4-6,8,12,18H,3,7,9-11,13H2. The zero-order valence-corrected chi connectivity index (χ0v) is 14.3. The van der Waals surface area contributed by atoms with Gasteiger partial charge in [0.2, 0.25) is 5.91 Å². The van der Waals surface area contributed by atoms with Crippen LogP contribution < -0.4 is 4.74 Å². The molecule has 1 saturated heterocycles. The minimum Gasteiger partial charge on any atom is -0.489 e. The molecule has 1 heterocycles. The van der Waals surface area contributed by atoms with E-state index in [4.69, 9.17) is 16.3 Å². The molecule has 2 aliphatic rings. The highest BCUT2D eigenvalue weighted by Crippen LogP contribution is 2.30. The number of fused-ring (bicyclic) bond motifs is 1. The van der Waals surface area contributed by atoms with Gasteiger partial charge in [-0.05, 0) is 60.2 Å². The molecule has 1 unspecified atom stereocenters. The van der Waals surface area contributed by atoms with Gasteiger partial charge in [0.15, 0.2) is 0 Å². The van der Waals surface area contributed by atoms with Gasteiger partial charge in [-0.15, -0.1) is 0 Å². The smallest absolute Gasteiger partial charge is 0.224 e. The number of aryl methyl sites for hydroxylation is 1. The predicted molar refractivity (Wildman–Crippen MR) is 94.4 cm³/mol. The van der Waals surface area contributed by atoms with E-state index < -0.39 is 0 Å². The second kappa shape index (κ2) is 6.48. The summed E-state index contributed by atoms with van der Waals surface area (Å²) in [7, 11) is 0. The molecule has 1 atom stereocenters. The molecule has 0 aromatic heterocycles. The number of ether oxygens (including phenoxy) is 1. The van der Waals surface area contributed by atoms with E-state index in [2.05, 4.69) is 12.1 Å². The minimum atomic E-state index is 0.311. The Morgan fingerprint density at radius 3 is 2.62 bits per heavy atom. The Labute approximate surface area is 147 Å². The van der Waals surface area contributed by atoms with Gasteiger partial charge in [0, 0.05) is 24.0 Å². The van der Waals surface area contributed by atoms with Gasteiger partial charge in [0.1, 0.15) is 12.4 Å². The fourth-order valence-corrected chi connectivity index (χ4v) is 3.66. The van der Waals surface area contributed by atoms with Crippen LogP contribution in [0.5, 0.6) is 5.75 Å². The number of halogens is 1. The molecule has 1 aliphatic heterocycles. The molecule has 0 spiro atoms. The average molecular weight is 342 g/mol. The Hall–Kier alpha value is -2.00. The lowest BCUT2D eigenvalue weighted by Crippen LogP contribution is -2.51. The van der Waals surface area contributed by atoms with Gasteiger partial charge in [-0.25, -0.2) is 0 Å². The number of likely N-dealkylation sites (tertiary alicyclic amines) is 1. The van der Waals surface area contributed by atoms with Crippen molar-refractivity contribution in [1.29, 1.82) is 0 Å². The number of β-lactam (4-membered cyclic amide) rings is 1. The molecule has 3 nitrogen and oxygen atoms in total. The number of carbonyl (C=O) groups is 1. The molecule has 1 amide bonds. The highest BCUT2D eigenvalue weighted by molar-refractivity contribution is 6.30. The van der Waals surface area contributed by atoms with Crippen molar-refractivity contribution in [3.63, 3.8) is 0 Å². The first-order valence-corrected chi connectivity index (χ1v) is 8.85. The summed E-state index contributed by atoms with van der Waals surface area (Å²) in [5.74, 6) is 1.22. The van der Waals surface area contributed by atoms with Crippen LogP contribution in [0.3, 0.4) is 0 Å². The molecule has 2 aromatic carbocycles. The topological polar surface area (TPSA) is 29.5 Å². The highest BCUT2D eigenvalue weighted by atomic mass is 35.5. The maximum Gasteiger partial charge on any atom is 0.224 e. The number of hydrogen-bond donors (Lipinski definition) is 0. The summed E-state index contributed by atoms with van der Waals surface area (Å²) in [5.41, 5.74) is 3.81. The van der Waals surface area contributed by atoms with Crippen LogP contribution in [-0.4, -0.2) is 23.4 Å². The number of hydrogen-bond acceptors (Lipinski definition) is 2. The van der Waals surface area contributed by atoms with Crippen LogP contribution in [0.25, 0.3) is 0 Å². The molecule has 4 rings (SSSR count). The van der Waals surface area contributed by atoms with Gasteiger partial charge >= 0.3 is 0 Å². The third-order valence-corrected chi connectivity index (χ3v) is 5.28. The van der Waals surface area contributed by atoms with Gasteiger partial charge in [0.05, 0.1) is 0 Å². The molecule has 0 N–H and O–H groups in total. The summed E-state index contributed by atoms with van der Waals surface area (Å²) in [5, 5.41) is 0.739. The third kappa shape index (κ3) is 3.13. The van der Waals surface area contributed by atoms with Crippen LogP contribution in [0.2, 0.25) is 5.02 Å². The molecule has 0 radical (unpaired) electrons. The molecule has 4 heteroatoms. The van der Waals surface area contributed by atoms with E-state index in [1.165, 1.54) is 11.1 Å². The van der Waals surface area contributed by atoms with Gasteiger partial charge in [0.25, 0.3) is 0 Å². The average Bonchev–Trinajstić information content (AvgIpc) is 2.60. The summed E-state index contributed by atoms with van der Waals surface area (Å²) in [6.07, 6.45) is 3.76.